The number of carboxylic acids is 2. The molecule has 0 aromatic carbocycles. The van der Waals surface area contributed by atoms with Crippen LogP contribution in [0.25, 0.3) is 0 Å². The second-order valence-corrected chi connectivity index (χ2v) is 25.9. The minimum absolute atomic E-state index is 0.0252. The maximum absolute atomic E-state index is 11.9. The Bertz CT molecular complexity index is 1880. The normalized spacial score (nSPS) is 18.8. The van der Waals surface area contributed by atoms with Crippen LogP contribution in [0, 0.1) is 0 Å². The number of methoxy groups -OCH3 is 1. The number of aliphatic hydroxyl groups is 2. The summed E-state index contributed by atoms with van der Waals surface area (Å²) in [6.07, 6.45) is 5.20. The van der Waals surface area contributed by atoms with Gasteiger partial charge in [-0.2, -0.15) is 0 Å². The zero-order valence-electron chi connectivity index (χ0n) is 54.5. The fourth-order valence-electron chi connectivity index (χ4n) is 7.62. The van der Waals surface area contributed by atoms with Crippen LogP contribution in [0.5, 0.6) is 0 Å². The van der Waals surface area contributed by atoms with Gasteiger partial charge >= 0.3 is 42.3 Å². The van der Waals surface area contributed by atoms with E-state index in [2.05, 4.69) is 20.7 Å². The molecule has 5 saturated heterocycles. The van der Waals surface area contributed by atoms with E-state index in [4.69, 9.17) is 54.6 Å². The van der Waals surface area contributed by atoms with E-state index in [1.165, 1.54) is 26.9 Å². The zero-order valence-corrected chi connectivity index (χ0v) is 55.1. The number of hydrogen-bond acceptors (Lipinski definition) is 18. The molecule has 5 aliphatic rings. The van der Waals surface area contributed by atoms with Gasteiger partial charge in [-0.05, 0) is 175 Å². The molecule has 0 saturated carbocycles. The molecular weight excluding hydrogens is 1170 g/mol. The highest BCUT2D eigenvalue weighted by Crippen LogP contribution is 2.22. The molecule has 26 heteroatoms. The Morgan fingerprint density at radius 3 is 1.01 bits per heavy atom. The molecule has 0 bridgehead atoms. The van der Waals surface area contributed by atoms with Crippen LogP contribution in [-0.4, -0.2) is 239 Å². The minimum atomic E-state index is -1.00. The molecule has 84 heavy (non-hydrogen) atoms. The third-order valence-electron chi connectivity index (χ3n) is 11.9. The maximum atomic E-state index is 11.9. The van der Waals surface area contributed by atoms with Gasteiger partial charge in [-0.25, -0.2) is 28.8 Å². The van der Waals surface area contributed by atoms with Gasteiger partial charge in [0.25, 0.3) is 0 Å². The molecule has 0 aromatic heterocycles. The molecule has 4 atom stereocenters. The van der Waals surface area contributed by atoms with Crippen LogP contribution >= 0.6 is 15.9 Å². The van der Waals surface area contributed by atoms with Crippen LogP contribution in [0.1, 0.15) is 176 Å². The lowest BCUT2D eigenvalue weighted by Gasteiger charge is -2.34. The van der Waals surface area contributed by atoms with E-state index in [-0.39, 0.29) is 67.5 Å². The van der Waals surface area contributed by atoms with Gasteiger partial charge in [0.1, 0.15) is 27.2 Å². The highest BCUT2D eigenvalue weighted by atomic mass is 79.9. The largest absolute Gasteiger partial charge is 0.480 e. The van der Waals surface area contributed by atoms with E-state index in [1.54, 1.807) is 33.4 Å². The number of aliphatic hydroxyl groups excluding tert-OH is 2. The van der Waals surface area contributed by atoms with Crippen LogP contribution in [0.4, 0.5) is 23.6 Å². The Morgan fingerprint density at radius 1 is 0.536 bits per heavy atom. The molecular formula is C58H108BrFN4O20. The summed E-state index contributed by atoms with van der Waals surface area (Å²) in [5.74, 6) is -2.16. The second-order valence-electron chi connectivity index (χ2n) is 24.5. The number of rotatable bonds is 10. The number of amides is 4. The summed E-state index contributed by atoms with van der Waals surface area (Å²) in [5.41, 5.74) is -1.87. The van der Waals surface area contributed by atoms with Crippen molar-refractivity contribution in [2.24, 2.45) is 0 Å². The number of aliphatic carboxylic acids is 2. The molecule has 5 fully saturated rings. The first-order valence-electron chi connectivity index (χ1n) is 29.7. The summed E-state index contributed by atoms with van der Waals surface area (Å²) >= 11 is 2.84. The highest BCUT2D eigenvalue weighted by Gasteiger charge is 2.32. The first-order valence-corrected chi connectivity index (χ1v) is 29.9. The number of hydrogen-bond donors (Lipinski definition) is 4. The quantitative estimate of drug-likeness (QED) is 0.0899. The monoisotopic (exact) mass is 1280 g/mol. The van der Waals surface area contributed by atoms with Gasteiger partial charge in [-0.15, -0.1) is 0 Å². The zero-order chi connectivity index (χ0) is 65.9. The number of ether oxygens (including phenoxy) is 9. The van der Waals surface area contributed by atoms with Crippen molar-refractivity contribution in [3.8, 4) is 0 Å². The van der Waals surface area contributed by atoms with Crippen molar-refractivity contribution in [3.63, 3.8) is 0 Å². The van der Waals surface area contributed by atoms with Gasteiger partial charge in [-0.1, -0.05) is 15.9 Å². The summed E-state index contributed by atoms with van der Waals surface area (Å²) in [6.45, 7) is 35.5. The van der Waals surface area contributed by atoms with Crippen molar-refractivity contribution in [1.29, 1.82) is 0 Å². The number of piperidine rings is 4. The highest BCUT2D eigenvalue weighted by molar-refractivity contribution is 9.10. The number of likely N-dealkylation sites (tertiary alicyclic amines) is 4. The third-order valence-corrected chi connectivity index (χ3v) is 12.3. The third kappa shape index (κ3) is 41.7. The number of halogens is 2. The first-order chi connectivity index (χ1) is 39.2. The summed E-state index contributed by atoms with van der Waals surface area (Å²) in [5, 5.41) is 34.9. The number of alkyl halides is 2. The molecule has 4 N–H and O–H groups in total. The Balaban J connectivity index is 0. The number of carbonyl (C=O) groups is 7. The Hall–Kier alpha value is -4.34. The fourth-order valence-corrected chi connectivity index (χ4v) is 7.62. The predicted octanol–water partition coefficient (Wildman–Crippen LogP) is 9.24. The molecule has 4 amide bonds. The van der Waals surface area contributed by atoms with E-state index >= 15 is 0 Å². The summed E-state index contributed by atoms with van der Waals surface area (Å²) in [7, 11) is 0.341. The standard InChI is InChI=1S/C14H25NO5.C13H23NO5.C13H25NO4.C10H19NO3.C4H8O.C3H5BrO2.CH3F/c1-10(12(16)18-5)19-11-6-8-15(9-7-11)13(17)20-14(2,3)4;1-9(11(15)16)18-10-5-7-14(8-6-10)12(17)19-13(2,3)4;1-10(9-15)17-11-5-7-14(8-6-11)12(16)18-13(2,3)4;1-10(2,3)14-9(13)11-6-4-8(12)5-7-11;1-2-4-5-3-1;1-2(4)3(5)6;1-2/h10-11H,6-9H2,1-5H3;9-10H,5-8H2,1-4H3,(H,15,16);10-11,15H,5-9H2,1-4H3;8,12H,4-7H2,1-3H3;1-4H2;2H,1H3,(H,5,6);1H3/t10-;9-;10-;;;2-;/m111..0./s1/i;;;;;;1D. The molecule has 5 aliphatic heterocycles. The molecule has 0 unspecified atom stereocenters. The van der Waals surface area contributed by atoms with Crippen LogP contribution in [0.3, 0.4) is 0 Å². The van der Waals surface area contributed by atoms with Gasteiger partial charge in [-0.3, -0.25) is 9.18 Å². The van der Waals surface area contributed by atoms with Crippen molar-refractivity contribution < 1.29 is 102 Å². The van der Waals surface area contributed by atoms with Crippen LogP contribution < -0.4 is 0 Å². The number of carboxylic acid groups (broad SMARTS) is 2. The molecule has 5 rings (SSSR count). The Labute approximate surface area is 509 Å². The van der Waals surface area contributed by atoms with Gasteiger partial charge in [0, 0.05) is 65.6 Å². The topological polar surface area (TPSA) is 296 Å². The Kier molecular flexibility index (Phi) is 39.5. The number of esters is 1. The van der Waals surface area contributed by atoms with Crippen LogP contribution in [0.15, 0.2) is 0 Å². The lowest BCUT2D eigenvalue weighted by molar-refractivity contribution is -0.158. The SMILES string of the molecule is C1CCOC1.CC(C)(C)OC(=O)N1CCC(O)CC1.COC(=O)[C@@H](C)OC1CCN(C(=O)OC(C)(C)C)CC1.C[C@@H](OC1CCN(C(=O)OC(C)(C)C)CC1)C(=O)O.C[C@H](Br)C(=O)O.C[C@H](CO)OC1CCN(C(=O)OC(C)(C)C)CC1.[2H]CF. The summed E-state index contributed by atoms with van der Waals surface area (Å²) in [4.78, 5) is 85.0. The minimum Gasteiger partial charge on any atom is -0.480 e. The van der Waals surface area contributed by atoms with E-state index in [0.717, 1.165) is 26.1 Å². The van der Waals surface area contributed by atoms with Gasteiger partial charge in [0.15, 0.2) is 12.2 Å². The van der Waals surface area contributed by atoms with Crippen molar-refractivity contribution in [3.05, 3.63) is 0 Å². The lowest BCUT2D eigenvalue weighted by Crippen LogP contribution is -2.44. The van der Waals surface area contributed by atoms with Crippen molar-refractivity contribution >= 4 is 58.2 Å². The molecule has 0 aromatic rings. The molecule has 24 nitrogen and oxygen atoms in total. The second kappa shape index (κ2) is 41.7. The van der Waals surface area contributed by atoms with Gasteiger partial charge in [0.05, 0.1) is 52.8 Å². The predicted molar refractivity (Wildman–Crippen MR) is 317 cm³/mol. The molecule has 0 spiro atoms. The average Bonchev–Trinajstić information content (AvgIpc) is 4.13. The van der Waals surface area contributed by atoms with Crippen LogP contribution in [-0.2, 0) is 57.0 Å². The van der Waals surface area contributed by atoms with Crippen molar-refractivity contribution in [2.75, 3.05) is 86.4 Å². The summed E-state index contributed by atoms with van der Waals surface area (Å²) in [6, 6.07) is 0. The Morgan fingerprint density at radius 2 is 0.798 bits per heavy atom. The van der Waals surface area contributed by atoms with E-state index in [0.29, 0.717) is 90.9 Å². The van der Waals surface area contributed by atoms with E-state index in [1.807, 2.05) is 90.0 Å². The summed E-state index contributed by atoms with van der Waals surface area (Å²) < 4.78 is 62.9. The smallest absolute Gasteiger partial charge is 0.410 e. The number of nitrogens with zero attached hydrogens (tertiary/aromatic N) is 4. The average molecular weight is 1280 g/mol. The maximum Gasteiger partial charge on any atom is 0.410 e. The van der Waals surface area contributed by atoms with Gasteiger partial charge in [0.2, 0.25) is 0 Å². The van der Waals surface area contributed by atoms with Gasteiger partial charge < -0.3 is 82.7 Å². The van der Waals surface area contributed by atoms with E-state index in [9.17, 15) is 43.1 Å². The molecule has 5 heterocycles. The van der Waals surface area contributed by atoms with Crippen molar-refractivity contribution in [2.45, 2.75) is 245 Å². The lowest BCUT2D eigenvalue weighted by atomic mass is 10.1. The molecule has 0 radical (unpaired) electrons. The fraction of sp³-hybridized carbons (Fsp3) is 0.879. The first kappa shape index (κ1) is 79.7. The van der Waals surface area contributed by atoms with E-state index < -0.39 is 58.5 Å². The van der Waals surface area contributed by atoms with Crippen LogP contribution in [0.2, 0.25) is 0 Å². The molecule has 0 aliphatic carbocycles. The molecule has 494 valence electrons. The number of carbonyl (C=O) groups excluding carboxylic acids is 5. The van der Waals surface area contributed by atoms with Crippen molar-refractivity contribution in [1.82, 2.24) is 19.6 Å².